The van der Waals surface area contributed by atoms with Crippen molar-refractivity contribution in [3.05, 3.63) is 64.4 Å². The van der Waals surface area contributed by atoms with E-state index < -0.39 is 0 Å². The summed E-state index contributed by atoms with van der Waals surface area (Å²) in [6.45, 7) is 0.379. The number of nitrogens with one attached hydrogen (secondary N) is 1. The SMILES string of the molecule is O=C(NC1CC(=O)N(c2ccc(F)cc2)C1)c1cccc(Br)c1. The van der Waals surface area contributed by atoms with E-state index in [1.54, 1.807) is 35.2 Å². The molecular formula is C17H14BrFN2O2. The summed E-state index contributed by atoms with van der Waals surface area (Å²) in [5.41, 5.74) is 1.17. The Morgan fingerprint density at radius 3 is 2.65 bits per heavy atom. The second-order valence-corrected chi connectivity index (χ2v) is 6.28. The first-order valence-corrected chi connectivity index (χ1v) is 7.94. The smallest absolute Gasteiger partial charge is 0.251 e. The van der Waals surface area contributed by atoms with Crippen molar-refractivity contribution in [1.29, 1.82) is 0 Å². The van der Waals surface area contributed by atoms with Gasteiger partial charge in [-0.25, -0.2) is 4.39 Å². The molecule has 0 aliphatic carbocycles. The third-order valence-corrected chi connectivity index (χ3v) is 4.18. The number of amides is 2. The zero-order valence-electron chi connectivity index (χ0n) is 12.1. The second-order valence-electron chi connectivity index (χ2n) is 5.37. The maximum atomic E-state index is 13.0. The molecule has 4 nitrogen and oxygen atoms in total. The van der Waals surface area contributed by atoms with Crippen LogP contribution in [-0.2, 0) is 4.79 Å². The molecule has 1 N–H and O–H groups in total. The molecule has 1 atom stereocenters. The van der Waals surface area contributed by atoms with Gasteiger partial charge in [0.1, 0.15) is 5.82 Å². The summed E-state index contributed by atoms with van der Waals surface area (Å²) < 4.78 is 13.8. The maximum absolute atomic E-state index is 13.0. The fourth-order valence-corrected chi connectivity index (χ4v) is 2.97. The summed E-state index contributed by atoms with van der Waals surface area (Å²) in [4.78, 5) is 25.9. The Hall–Kier alpha value is -2.21. The summed E-state index contributed by atoms with van der Waals surface area (Å²) in [6.07, 6.45) is 0.233. The van der Waals surface area contributed by atoms with Crippen LogP contribution in [0.5, 0.6) is 0 Å². The Labute approximate surface area is 141 Å². The maximum Gasteiger partial charge on any atom is 0.251 e. The largest absolute Gasteiger partial charge is 0.347 e. The van der Waals surface area contributed by atoms with Crippen LogP contribution in [0, 0.1) is 5.82 Å². The van der Waals surface area contributed by atoms with E-state index in [0.717, 1.165) is 4.47 Å². The van der Waals surface area contributed by atoms with Gasteiger partial charge in [-0.2, -0.15) is 0 Å². The van der Waals surface area contributed by atoms with E-state index in [1.807, 2.05) is 6.07 Å². The van der Waals surface area contributed by atoms with E-state index in [-0.39, 0.29) is 30.1 Å². The minimum Gasteiger partial charge on any atom is -0.347 e. The van der Waals surface area contributed by atoms with Gasteiger partial charge in [0.05, 0.1) is 6.04 Å². The van der Waals surface area contributed by atoms with Crippen LogP contribution in [0.3, 0.4) is 0 Å². The Bertz CT molecular complexity index is 749. The first-order chi connectivity index (χ1) is 11.0. The van der Waals surface area contributed by atoms with Gasteiger partial charge in [-0.3, -0.25) is 9.59 Å². The van der Waals surface area contributed by atoms with Gasteiger partial charge < -0.3 is 10.2 Å². The number of rotatable bonds is 3. The zero-order valence-corrected chi connectivity index (χ0v) is 13.7. The van der Waals surface area contributed by atoms with E-state index in [2.05, 4.69) is 21.2 Å². The van der Waals surface area contributed by atoms with E-state index in [1.165, 1.54) is 12.1 Å². The number of halogens is 2. The predicted octanol–water partition coefficient (Wildman–Crippen LogP) is 3.12. The average Bonchev–Trinajstić information content (AvgIpc) is 2.88. The lowest BCUT2D eigenvalue weighted by Gasteiger charge is -2.17. The molecule has 1 heterocycles. The molecular weight excluding hydrogens is 363 g/mol. The van der Waals surface area contributed by atoms with E-state index in [0.29, 0.717) is 17.8 Å². The molecule has 6 heteroatoms. The summed E-state index contributed by atoms with van der Waals surface area (Å²) >= 11 is 3.33. The molecule has 2 aromatic rings. The van der Waals surface area contributed by atoms with Gasteiger partial charge in [0.2, 0.25) is 5.91 Å². The minimum atomic E-state index is -0.347. The molecule has 0 bridgehead atoms. The standard InChI is InChI=1S/C17H14BrFN2O2/c18-12-3-1-2-11(8-12)17(23)20-14-9-16(22)21(10-14)15-6-4-13(19)5-7-15/h1-8,14H,9-10H2,(H,20,23). The van der Waals surface area contributed by atoms with Crippen molar-refractivity contribution < 1.29 is 14.0 Å². The second kappa shape index (κ2) is 6.50. The van der Waals surface area contributed by atoms with Gasteiger partial charge in [-0.15, -0.1) is 0 Å². The predicted molar refractivity (Wildman–Crippen MR) is 88.8 cm³/mol. The Morgan fingerprint density at radius 1 is 1.22 bits per heavy atom. The van der Waals surface area contributed by atoms with Crippen LogP contribution >= 0.6 is 15.9 Å². The third-order valence-electron chi connectivity index (χ3n) is 3.69. The van der Waals surface area contributed by atoms with E-state index >= 15 is 0 Å². The number of benzene rings is 2. The molecule has 0 aromatic heterocycles. The lowest BCUT2D eigenvalue weighted by atomic mass is 10.2. The van der Waals surface area contributed by atoms with E-state index in [9.17, 15) is 14.0 Å². The monoisotopic (exact) mass is 376 g/mol. The lowest BCUT2D eigenvalue weighted by Crippen LogP contribution is -2.37. The summed E-state index contributed by atoms with van der Waals surface area (Å²) in [7, 11) is 0. The first kappa shape index (κ1) is 15.7. The average molecular weight is 377 g/mol. The highest BCUT2D eigenvalue weighted by molar-refractivity contribution is 9.10. The lowest BCUT2D eigenvalue weighted by molar-refractivity contribution is -0.117. The molecule has 118 valence electrons. The molecule has 1 aliphatic heterocycles. The van der Waals surface area contributed by atoms with Crippen molar-refractivity contribution in [2.45, 2.75) is 12.5 Å². The Kier molecular flexibility index (Phi) is 4.43. The number of hydrogen-bond donors (Lipinski definition) is 1. The van der Waals surface area contributed by atoms with Crippen molar-refractivity contribution in [2.75, 3.05) is 11.4 Å². The molecule has 1 aliphatic rings. The number of carbonyl (C=O) groups excluding carboxylic acids is 2. The molecule has 0 spiro atoms. The summed E-state index contributed by atoms with van der Waals surface area (Å²) in [5.74, 6) is -0.652. The van der Waals surface area contributed by atoms with Gasteiger partial charge in [0.15, 0.2) is 0 Å². The molecule has 0 radical (unpaired) electrons. The third kappa shape index (κ3) is 3.59. The highest BCUT2D eigenvalue weighted by Crippen LogP contribution is 2.22. The number of hydrogen-bond acceptors (Lipinski definition) is 2. The van der Waals surface area contributed by atoms with Gasteiger partial charge >= 0.3 is 0 Å². The molecule has 2 amide bonds. The van der Waals surface area contributed by atoms with Gasteiger partial charge in [0, 0.05) is 28.7 Å². The van der Waals surface area contributed by atoms with E-state index in [4.69, 9.17) is 0 Å². The van der Waals surface area contributed by atoms with Crippen LogP contribution in [0.15, 0.2) is 53.0 Å². The fourth-order valence-electron chi connectivity index (χ4n) is 2.57. The van der Waals surface area contributed by atoms with Crippen LogP contribution in [-0.4, -0.2) is 24.4 Å². The molecule has 23 heavy (non-hydrogen) atoms. The van der Waals surface area contributed by atoms with Crippen molar-refractivity contribution in [1.82, 2.24) is 5.32 Å². The topological polar surface area (TPSA) is 49.4 Å². The molecule has 0 saturated carbocycles. The van der Waals surface area contributed by atoms with Gasteiger partial charge in [-0.1, -0.05) is 22.0 Å². The molecule has 3 rings (SSSR count). The van der Waals surface area contributed by atoms with Gasteiger partial charge in [-0.05, 0) is 42.5 Å². The highest BCUT2D eigenvalue weighted by atomic mass is 79.9. The summed E-state index contributed by atoms with van der Waals surface area (Å²) in [6, 6.07) is 12.6. The molecule has 2 aromatic carbocycles. The zero-order chi connectivity index (χ0) is 16.4. The van der Waals surface area contributed by atoms with Crippen molar-refractivity contribution in [2.24, 2.45) is 0 Å². The highest BCUT2D eigenvalue weighted by Gasteiger charge is 2.31. The van der Waals surface area contributed by atoms with Crippen LogP contribution in [0.25, 0.3) is 0 Å². The molecule has 1 saturated heterocycles. The van der Waals surface area contributed by atoms with Crippen LogP contribution < -0.4 is 10.2 Å². The van der Waals surface area contributed by atoms with Crippen molar-refractivity contribution in [3.8, 4) is 0 Å². The normalized spacial score (nSPS) is 17.4. The molecule has 1 fully saturated rings. The molecule has 1 unspecified atom stereocenters. The Morgan fingerprint density at radius 2 is 1.96 bits per heavy atom. The van der Waals surface area contributed by atoms with Crippen molar-refractivity contribution in [3.63, 3.8) is 0 Å². The van der Waals surface area contributed by atoms with Gasteiger partial charge in [0.25, 0.3) is 5.91 Å². The fraction of sp³-hybridized carbons (Fsp3) is 0.176. The quantitative estimate of drug-likeness (QED) is 0.894. The van der Waals surface area contributed by atoms with Crippen LogP contribution in [0.1, 0.15) is 16.8 Å². The van der Waals surface area contributed by atoms with Crippen LogP contribution in [0.4, 0.5) is 10.1 Å². The minimum absolute atomic E-state index is 0.0869. The summed E-state index contributed by atoms with van der Waals surface area (Å²) in [5, 5.41) is 2.87. The Balaban J connectivity index is 1.68. The van der Waals surface area contributed by atoms with Crippen molar-refractivity contribution >= 4 is 33.4 Å². The number of nitrogens with zero attached hydrogens (tertiary/aromatic N) is 1. The van der Waals surface area contributed by atoms with Crippen LogP contribution in [0.2, 0.25) is 0 Å². The number of anilines is 1. The number of carbonyl (C=O) groups is 2. The first-order valence-electron chi connectivity index (χ1n) is 7.15.